The lowest BCUT2D eigenvalue weighted by molar-refractivity contribution is -0.131. The van der Waals surface area contributed by atoms with Crippen LogP contribution >= 0.6 is 22.6 Å². The average Bonchev–Trinajstić information content (AvgIpc) is 2.57. The fourth-order valence-electron chi connectivity index (χ4n) is 1.70. The van der Waals surface area contributed by atoms with E-state index in [9.17, 15) is 9.59 Å². The maximum atomic E-state index is 11.5. The molecule has 0 aliphatic carbocycles. The van der Waals surface area contributed by atoms with Gasteiger partial charge in [-0.25, -0.2) is 0 Å². The van der Waals surface area contributed by atoms with Gasteiger partial charge in [0.25, 0.3) is 0 Å². The van der Waals surface area contributed by atoms with Gasteiger partial charge in [0, 0.05) is 17.4 Å². The summed E-state index contributed by atoms with van der Waals surface area (Å²) in [6, 6.07) is 5.59. The molecule has 1 aromatic carbocycles. The summed E-state index contributed by atoms with van der Waals surface area (Å²) in [4.78, 5) is 22.5. The molecule has 0 amide bonds. The van der Waals surface area contributed by atoms with E-state index in [1.807, 2.05) is 18.2 Å². The van der Waals surface area contributed by atoms with Crippen molar-refractivity contribution in [2.45, 2.75) is 13.8 Å². The molecule has 0 radical (unpaired) electrons. The van der Waals surface area contributed by atoms with Crippen molar-refractivity contribution < 1.29 is 14.3 Å². The highest BCUT2D eigenvalue weighted by molar-refractivity contribution is 14.1. The number of carbonyl (C=O) groups excluding carboxylic acids is 2. The molecule has 0 aliphatic rings. The molecule has 1 aromatic heterocycles. The third-order valence-electron chi connectivity index (χ3n) is 2.34. The quantitative estimate of drug-likeness (QED) is 0.591. The number of carbonyl (C=O) groups is 2. The van der Waals surface area contributed by atoms with Crippen molar-refractivity contribution >= 4 is 45.4 Å². The van der Waals surface area contributed by atoms with Crippen molar-refractivity contribution in [3.05, 3.63) is 28.0 Å². The van der Waals surface area contributed by atoms with Crippen LogP contribution in [0.4, 0.5) is 0 Å². The number of benzene rings is 1. The van der Waals surface area contributed by atoms with Crippen LogP contribution in [-0.2, 0) is 4.79 Å². The summed E-state index contributed by atoms with van der Waals surface area (Å²) in [6.07, 6.45) is 1.55. The van der Waals surface area contributed by atoms with Gasteiger partial charge in [0.2, 0.25) is 5.91 Å². The smallest absolute Gasteiger partial charge is 0.308 e. The highest BCUT2D eigenvalue weighted by Crippen LogP contribution is 2.32. The lowest BCUT2D eigenvalue weighted by atomic mass is 10.2. The summed E-state index contributed by atoms with van der Waals surface area (Å²) >= 11 is 2.15. The van der Waals surface area contributed by atoms with Gasteiger partial charge in [0.05, 0.1) is 17.1 Å². The van der Waals surface area contributed by atoms with Crippen molar-refractivity contribution in [2.24, 2.45) is 0 Å². The highest BCUT2D eigenvalue weighted by Gasteiger charge is 2.15. The Balaban J connectivity index is 2.75. The molecule has 0 spiro atoms. The van der Waals surface area contributed by atoms with Crippen molar-refractivity contribution in [2.75, 3.05) is 0 Å². The first-order valence-corrected chi connectivity index (χ1v) is 6.07. The minimum absolute atomic E-state index is 0.115. The second-order valence-corrected chi connectivity index (χ2v) is 4.77. The Hall–Kier alpha value is -1.37. The molecule has 0 atom stereocenters. The van der Waals surface area contributed by atoms with Gasteiger partial charge in [-0.1, -0.05) is 6.07 Å². The van der Waals surface area contributed by atoms with E-state index in [4.69, 9.17) is 4.74 Å². The maximum absolute atomic E-state index is 11.5. The summed E-state index contributed by atoms with van der Waals surface area (Å²) in [5, 5.41) is 0.790. The van der Waals surface area contributed by atoms with Gasteiger partial charge in [0.1, 0.15) is 0 Å². The first-order valence-electron chi connectivity index (χ1n) is 4.99. The number of nitrogens with zero attached hydrogens (tertiary/aromatic N) is 1. The summed E-state index contributed by atoms with van der Waals surface area (Å²) < 4.78 is 7.55. The van der Waals surface area contributed by atoms with Crippen molar-refractivity contribution in [3.63, 3.8) is 0 Å². The van der Waals surface area contributed by atoms with Crippen LogP contribution in [0.5, 0.6) is 5.75 Å². The van der Waals surface area contributed by atoms with E-state index in [1.165, 1.54) is 18.4 Å². The standard InChI is InChI=1S/C12H10INO3/c1-7(15)14-6-11(17-8(2)16)12-9(13)4-3-5-10(12)14/h3-6H,1-2H3. The molecule has 0 unspecified atom stereocenters. The molecule has 0 aliphatic heterocycles. The molecule has 0 bridgehead atoms. The topological polar surface area (TPSA) is 48.3 Å². The first kappa shape index (κ1) is 12.1. The van der Waals surface area contributed by atoms with Crippen molar-refractivity contribution in [1.82, 2.24) is 4.57 Å². The van der Waals surface area contributed by atoms with Crippen LogP contribution in [-0.4, -0.2) is 16.4 Å². The van der Waals surface area contributed by atoms with Crippen LogP contribution in [0.15, 0.2) is 24.4 Å². The van der Waals surface area contributed by atoms with Crippen LogP contribution in [0.2, 0.25) is 0 Å². The number of hydrogen-bond acceptors (Lipinski definition) is 3. The van der Waals surface area contributed by atoms with Crippen LogP contribution in [0.3, 0.4) is 0 Å². The minimum Gasteiger partial charge on any atom is -0.424 e. The molecule has 88 valence electrons. The van der Waals surface area contributed by atoms with E-state index in [0.29, 0.717) is 5.75 Å². The zero-order chi connectivity index (χ0) is 12.6. The number of fused-ring (bicyclic) bond motifs is 1. The molecular formula is C12H10INO3. The van der Waals surface area contributed by atoms with E-state index in [0.717, 1.165) is 14.5 Å². The Morgan fingerprint density at radius 2 is 2.00 bits per heavy atom. The number of esters is 1. The third-order valence-corrected chi connectivity index (χ3v) is 3.24. The predicted octanol–water partition coefficient (Wildman–Crippen LogP) is 2.83. The largest absolute Gasteiger partial charge is 0.424 e. The molecule has 5 heteroatoms. The molecule has 0 saturated heterocycles. The summed E-state index contributed by atoms with van der Waals surface area (Å²) in [5.74, 6) is -0.0876. The number of aromatic nitrogens is 1. The Morgan fingerprint density at radius 1 is 1.29 bits per heavy atom. The van der Waals surface area contributed by atoms with E-state index in [-0.39, 0.29) is 5.91 Å². The number of halogens is 1. The zero-order valence-corrected chi connectivity index (χ0v) is 11.5. The Bertz CT molecular complexity index is 615. The van der Waals surface area contributed by atoms with Gasteiger partial charge < -0.3 is 4.74 Å². The van der Waals surface area contributed by atoms with Crippen LogP contribution in [0, 0.1) is 3.57 Å². The van der Waals surface area contributed by atoms with Crippen molar-refractivity contribution in [1.29, 1.82) is 0 Å². The normalized spacial score (nSPS) is 10.5. The SMILES string of the molecule is CC(=O)Oc1cn(C(C)=O)c2cccc(I)c12. The third kappa shape index (κ3) is 2.19. The van der Waals surface area contributed by atoms with E-state index >= 15 is 0 Å². The van der Waals surface area contributed by atoms with Gasteiger partial charge in [-0.2, -0.15) is 0 Å². The number of ether oxygens (including phenoxy) is 1. The van der Waals surface area contributed by atoms with Gasteiger partial charge in [-0.3, -0.25) is 14.2 Å². The van der Waals surface area contributed by atoms with Gasteiger partial charge in [-0.05, 0) is 34.7 Å². The van der Waals surface area contributed by atoms with E-state index in [1.54, 1.807) is 6.20 Å². The molecule has 0 fully saturated rings. The van der Waals surface area contributed by atoms with E-state index in [2.05, 4.69) is 22.6 Å². The second kappa shape index (κ2) is 4.48. The molecule has 4 nitrogen and oxygen atoms in total. The monoisotopic (exact) mass is 343 g/mol. The van der Waals surface area contributed by atoms with Gasteiger partial charge in [0.15, 0.2) is 5.75 Å². The summed E-state index contributed by atoms with van der Waals surface area (Å²) in [7, 11) is 0. The first-order chi connectivity index (χ1) is 8.00. The minimum atomic E-state index is -0.396. The molecular weight excluding hydrogens is 333 g/mol. The fraction of sp³-hybridized carbons (Fsp3) is 0.167. The highest BCUT2D eigenvalue weighted by atomic mass is 127. The Labute approximate surface area is 112 Å². The molecule has 0 saturated carbocycles. The molecule has 1 heterocycles. The van der Waals surface area contributed by atoms with Gasteiger partial charge >= 0.3 is 5.97 Å². The summed E-state index contributed by atoms with van der Waals surface area (Å²) in [5.41, 5.74) is 0.751. The second-order valence-electron chi connectivity index (χ2n) is 3.61. The molecule has 17 heavy (non-hydrogen) atoms. The van der Waals surface area contributed by atoms with E-state index < -0.39 is 5.97 Å². The van der Waals surface area contributed by atoms with Crippen LogP contribution in [0.1, 0.15) is 18.6 Å². The number of rotatable bonds is 1. The summed E-state index contributed by atoms with van der Waals surface area (Å²) in [6.45, 7) is 2.81. The Kier molecular flexibility index (Phi) is 3.19. The maximum Gasteiger partial charge on any atom is 0.308 e. The molecule has 2 rings (SSSR count). The van der Waals surface area contributed by atoms with Gasteiger partial charge in [-0.15, -0.1) is 0 Å². The van der Waals surface area contributed by atoms with Crippen LogP contribution in [0.25, 0.3) is 10.9 Å². The Morgan fingerprint density at radius 3 is 2.59 bits per heavy atom. The zero-order valence-electron chi connectivity index (χ0n) is 9.36. The molecule has 0 N–H and O–H groups in total. The predicted molar refractivity (Wildman–Crippen MR) is 72.3 cm³/mol. The average molecular weight is 343 g/mol. The van der Waals surface area contributed by atoms with Crippen molar-refractivity contribution in [3.8, 4) is 5.75 Å². The lowest BCUT2D eigenvalue weighted by Gasteiger charge is -2.00. The molecule has 2 aromatic rings. The number of hydrogen-bond donors (Lipinski definition) is 0. The fourth-order valence-corrected chi connectivity index (χ4v) is 2.45. The van der Waals surface area contributed by atoms with Crippen LogP contribution < -0.4 is 4.74 Å². The lowest BCUT2D eigenvalue weighted by Crippen LogP contribution is -2.03.